The van der Waals surface area contributed by atoms with Gasteiger partial charge in [0.15, 0.2) is 0 Å². The van der Waals surface area contributed by atoms with Crippen LogP contribution in [0.25, 0.3) is 0 Å². The molecule has 0 aliphatic rings. The Labute approximate surface area is 105 Å². The maximum Gasteiger partial charge on any atom is 0.302 e. The van der Waals surface area contributed by atoms with Crippen LogP contribution in [-0.2, 0) is 9.53 Å². The maximum absolute atomic E-state index is 10.5. The summed E-state index contributed by atoms with van der Waals surface area (Å²) in [6.07, 6.45) is 13.2. The number of ether oxygens (including phenoxy) is 1. The van der Waals surface area contributed by atoms with Crippen LogP contribution in [0.15, 0.2) is 12.2 Å². The summed E-state index contributed by atoms with van der Waals surface area (Å²) in [5, 5.41) is 8.56. The minimum atomic E-state index is -0.181. The van der Waals surface area contributed by atoms with Crippen LogP contribution < -0.4 is 0 Å². The first-order valence-corrected chi connectivity index (χ1v) is 6.66. The van der Waals surface area contributed by atoms with Crippen molar-refractivity contribution in [1.82, 2.24) is 0 Å². The molecule has 0 amide bonds. The van der Waals surface area contributed by atoms with E-state index in [4.69, 9.17) is 9.84 Å². The van der Waals surface area contributed by atoms with Gasteiger partial charge in [-0.1, -0.05) is 37.8 Å². The molecule has 0 atom stereocenters. The summed E-state index contributed by atoms with van der Waals surface area (Å²) in [5.41, 5.74) is 0. The van der Waals surface area contributed by atoms with Crippen molar-refractivity contribution in [2.24, 2.45) is 0 Å². The summed E-state index contributed by atoms with van der Waals surface area (Å²) in [6.45, 7) is 2.27. The van der Waals surface area contributed by atoms with Gasteiger partial charge in [0.25, 0.3) is 0 Å². The zero-order valence-electron chi connectivity index (χ0n) is 11.0. The number of esters is 1. The molecule has 0 heterocycles. The lowest BCUT2D eigenvalue weighted by atomic mass is 10.1. The van der Waals surface area contributed by atoms with Gasteiger partial charge in [-0.25, -0.2) is 0 Å². The molecule has 0 saturated carbocycles. The standard InChI is InChI=1S/C14H26O3/c1-14(16)17-13-11-9-7-5-3-2-4-6-8-10-12-15/h6,8,15H,2-5,7,9-13H2,1H3. The molecule has 0 fully saturated rings. The van der Waals surface area contributed by atoms with E-state index in [9.17, 15) is 4.79 Å². The van der Waals surface area contributed by atoms with Crippen LogP contribution in [0.3, 0.4) is 0 Å². The number of allylic oxidation sites excluding steroid dienone is 1. The van der Waals surface area contributed by atoms with E-state index >= 15 is 0 Å². The van der Waals surface area contributed by atoms with E-state index in [-0.39, 0.29) is 12.6 Å². The Balaban J connectivity index is 3.01. The Morgan fingerprint density at radius 3 is 2.24 bits per heavy atom. The van der Waals surface area contributed by atoms with E-state index in [0.29, 0.717) is 6.61 Å². The fourth-order valence-corrected chi connectivity index (χ4v) is 1.60. The molecule has 0 aromatic rings. The van der Waals surface area contributed by atoms with E-state index in [1.165, 1.54) is 32.6 Å². The van der Waals surface area contributed by atoms with E-state index < -0.39 is 0 Å². The molecular formula is C14H26O3. The van der Waals surface area contributed by atoms with E-state index in [0.717, 1.165) is 25.7 Å². The molecule has 0 radical (unpaired) electrons. The van der Waals surface area contributed by atoms with Gasteiger partial charge < -0.3 is 9.84 Å². The number of aliphatic hydroxyl groups is 1. The molecule has 0 unspecified atom stereocenters. The topological polar surface area (TPSA) is 46.5 Å². The Morgan fingerprint density at radius 2 is 1.59 bits per heavy atom. The zero-order chi connectivity index (χ0) is 12.8. The van der Waals surface area contributed by atoms with Gasteiger partial charge in [0.05, 0.1) is 6.61 Å². The first-order chi connectivity index (χ1) is 8.27. The summed E-state index contributed by atoms with van der Waals surface area (Å²) in [7, 11) is 0. The largest absolute Gasteiger partial charge is 0.466 e. The molecule has 100 valence electrons. The first kappa shape index (κ1) is 16.2. The third-order valence-corrected chi connectivity index (χ3v) is 2.53. The number of carbonyl (C=O) groups is 1. The third-order valence-electron chi connectivity index (χ3n) is 2.53. The monoisotopic (exact) mass is 242 g/mol. The molecule has 17 heavy (non-hydrogen) atoms. The molecular weight excluding hydrogens is 216 g/mol. The van der Waals surface area contributed by atoms with Gasteiger partial charge in [-0.3, -0.25) is 4.79 Å². The maximum atomic E-state index is 10.5. The van der Waals surface area contributed by atoms with Crippen molar-refractivity contribution < 1.29 is 14.6 Å². The van der Waals surface area contributed by atoms with Crippen LogP contribution in [-0.4, -0.2) is 24.3 Å². The Morgan fingerprint density at radius 1 is 1.00 bits per heavy atom. The van der Waals surface area contributed by atoms with Crippen molar-refractivity contribution >= 4 is 5.97 Å². The van der Waals surface area contributed by atoms with Crippen LogP contribution >= 0.6 is 0 Å². The van der Waals surface area contributed by atoms with E-state index in [1.807, 2.05) is 6.08 Å². The molecule has 1 N–H and O–H groups in total. The van der Waals surface area contributed by atoms with Gasteiger partial charge >= 0.3 is 5.97 Å². The van der Waals surface area contributed by atoms with E-state index in [2.05, 4.69) is 6.08 Å². The predicted molar refractivity (Wildman–Crippen MR) is 69.8 cm³/mol. The van der Waals surface area contributed by atoms with Crippen molar-refractivity contribution in [3.8, 4) is 0 Å². The highest BCUT2D eigenvalue weighted by molar-refractivity contribution is 5.65. The van der Waals surface area contributed by atoms with Gasteiger partial charge in [0.1, 0.15) is 0 Å². The highest BCUT2D eigenvalue weighted by Crippen LogP contribution is 2.07. The van der Waals surface area contributed by atoms with Gasteiger partial charge in [-0.15, -0.1) is 0 Å². The van der Waals surface area contributed by atoms with Crippen molar-refractivity contribution in [1.29, 1.82) is 0 Å². The molecule has 0 spiro atoms. The molecule has 0 aliphatic carbocycles. The summed E-state index contributed by atoms with van der Waals surface area (Å²) in [5.74, 6) is -0.181. The number of hydrogen-bond donors (Lipinski definition) is 1. The minimum absolute atomic E-state index is 0.181. The summed E-state index contributed by atoms with van der Waals surface area (Å²) < 4.78 is 4.86. The average molecular weight is 242 g/mol. The lowest BCUT2D eigenvalue weighted by molar-refractivity contribution is -0.141. The summed E-state index contributed by atoms with van der Waals surface area (Å²) >= 11 is 0. The molecule has 0 aliphatic heterocycles. The molecule has 3 nitrogen and oxygen atoms in total. The van der Waals surface area contributed by atoms with Gasteiger partial charge in [-0.2, -0.15) is 0 Å². The van der Waals surface area contributed by atoms with Crippen LogP contribution in [0.4, 0.5) is 0 Å². The second-order valence-corrected chi connectivity index (χ2v) is 4.23. The minimum Gasteiger partial charge on any atom is -0.466 e. The lowest BCUT2D eigenvalue weighted by Crippen LogP contribution is -1.99. The number of hydrogen-bond acceptors (Lipinski definition) is 3. The highest BCUT2D eigenvalue weighted by Gasteiger charge is 1.93. The number of carbonyl (C=O) groups excluding carboxylic acids is 1. The Kier molecular flexibility index (Phi) is 12.6. The predicted octanol–water partition coefficient (Wildman–Crippen LogP) is 3.22. The van der Waals surface area contributed by atoms with Crippen LogP contribution in [0.1, 0.15) is 58.3 Å². The molecule has 3 heteroatoms. The van der Waals surface area contributed by atoms with Crippen molar-refractivity contribution in [3.05, 3.63) is 12.2 Å². The van der Waals surface area contributed by atoms with Gasteiger partial charge in [-0.05, 0) is 25.7 Å². The Bertz CT molecular complexity index is 200. The molecule has 0 aromatic heterocycles. The molecule has 0 aromatic carbocycles. The van der Waals surface area contributed by atoms with Crippen molar-refractivity contribution in [2.75, 3.05) is 13.2 Å². The fourth-order valence-electron chi connectivity index (χ4n) is 1.60. The summed E-state index contributed by atoms with van der Waals surface area (Å²) in [6, 6.07) is 0. The van der Waals surface area contributed by atoms with Crippen LogP contribution in [0, 0.1) is 0 Å². The van der Waals surface area contributed by atoms with Crippen LogP contribution in [0.2, 0.25) is 0 Å². The number of rotatable bonds is 11. The SMILES string of the molecule is CC(=O)OCCCCCCCCC=CCCO. The number of unbranched alkanes of at least 4 members (excludes halogenated alkanes) is 6. The molecule has 0 saturated heterocycles. The van der Waals surface area contributed by atoms with Gasteiger partial charge in [0.2, 0.25) is 0 Å². The summed E-state index contributed by atoms with van der Waals surface area (Å²) in [4.78, 5) is 10.5. The number of aliphatic hydroxyl groups excluding tert-OH is 1. The quantitative estimate of drug-likeness (QED) is 0.344. The van der Waals surface area contributed by atoms with Crippen LogP contribution in [0.5, 0.6) is 0 Å². The second-order valence-electron chi connectivity index (χ2n) is 4.23. The first-order valence-electron chi connectivity index (χ1n) is 6.66. The second kappa shape index (κ2) is 13.2. The zero-order valence-corrected chi connectivity index (χ0v) is 11.0. The smallest absolute Gasteiger partial charge is 0.302 e. The molecule has 0 bridgehead atoms. The van der Waals surface area contributed by atoms with Crippen molar-refractivity contribution in [2.45, 2.75) is 58.3 Å². The average Bonchev–Trinajstić information content (AvgIpc) is 2.30. The lowest BCUT2D eigenvalue weighted by Gasteiger charge is -2.02. The van der Waals surface area contributed by atoms with Crippen molar-refractivity contribution in [3.63, 3.8) is 0 Å². The van der Waals surface area contributed by atoms with Gasteiger partial charge in [0, 0.05) is 13.5 Å². The third kappa shape index (κ3) is 15.2. The molecule has 0 rings (SSSR count). The Hall–Kier alpha value is -0.830. The highest BCUT2D eigenvalue weighted by atomic mass is 16.5. The normalized spacial score (nSPS) is 10.9. The van der Waals surface area contributed by atoms with E-state index in [1.54, 1.807) is 0 Å². The fraction of sp³-hybridized carbons (Fsp3) is 0.786.